The number of benzene rings is 2. The summed E-state index contributed by atoms with van der Waals surface area (Å²) in [7, 11) is 1.29. The van der Waals surface area contributed by atoms with Crippen LogP contribution >= 0.6 is 11.8 Å². The molecule has 0 aliphatic carbocycles. The largest absolute Gasteiger partial charge is 0.465 e. The molecule has 0 spiro atoms. The number of carbonyl (C=O) groups is 3. The van der Waals surface area contributed by atoms with Crippen molar-refractivity contribution in [3.8, 4) is 0 Å². The lowest BCUT2D eigenvalue weighted by Crippen LogP contribution is -2.29. The molecule has 0 fully saturated rings. The first-order chi connectivity index (χ1) is 16.3. The fourth-order valence-electron chi connectivity index (χ4n) is 3.39. The van der Waals surface area contributed by atoms with Gasteiger partial charge in [0, 0.05) is 12.1 Å². The van der Waals surface area contributed by atoms with E-state index in [1.165, 1.54) is 18.9 Å². The van der Waals surface area contributed by atoms with Crippen molar-refractivity contribution in [1.82, 2.24) is 20.1 Å². The number of methoxy groups -OCH3 is 1. The minimum absolute atomic E-state index is 0.0671. The van der Waals surface area contributed by atoms with Gasteiger partial charge in [-0.15, -0.1) is 10.2 Å². The molecule has 9 nitrogen and oxygen atoms in total. The van der Waals surface area contributed by atoms with Crippen molar-refractivity contribution < 1.29 is 19.1 Å². The number of aromatic nitrogens is 3. The van der Waals surface area contributed by atoms with Crippen molar-refractivity contribution in [1.29, 1.82) is 0 Å². The normalized spacial score (nSPS) is 11.5. The average Bonchev–Trinajstić information content (AvgIpc) is 3.26. The van der Waals surface area contributed by atoms with Gasteiger partial charge >= 0.3 is 5.97 Å². The lowest BCUT2D eigenvalue weighted by molar-refractivity contribution is -0.113. The summed E-state index contributed by atoms with van der Waals surface area (Å²) in [6, 6.07) is 13.6. The van der Waals surface area contributed by atoms with Crippen LogP contribution in [0.4, 0.5) is 5.69 Å². The molecule has 1 atom stereocenters. The van der Waals surface area contributed by atoms with E-state index in [2.05, 4.69) is 20.8 Å². The smallest absolute Gasteiger partial charge is 0.339 e. The van der Waals surface area contributed by atoms with E-state index < -0.39 is 5.97 Å². The van der Waals surface area contributed by atoms with E-state index in [1.54, 1.807) is 30.3 Å². The van der Waals surface area contributed by atoms with Gasteiger partial charge in [-0.1, -0.05) is 42.1 Å². The van der Waals surface area contributed by atoms with E-state index in [1.807, 2.05) is 43.5 Å². The molecule has 1 aromatic heterocycles. The zero-order chi connectivity index (χ0) is 24.7. The molecule has 10 heteroatoms. The number of amides is 2. The van der Waals surface area contributed by atoms with Crippen LogP contribution in [-0.4, -0.2) is 45.4 Å². The maximum atomic E-state index is 12.7. The third-order valence-electron chi connectivity index (χ3n) is 5.13. The third kappa shape index (κ3) is 5.82. The summed E-state index contributed by atoms with van der Waals surface area (Å²) >= 11 is 1.22. The lowest BCUT2D eigenvalue weighted by Gasteiger charge is -2.16. The summed E-state index contributed by atoms with van der Waals surface area (Å²) in [6.45, 7) is 6.25. The Morgan fingerprint density at radius 3 is 2.41 bits per heavy atom. The summed E-state index contributed by atoms with van der Waals surface area (Å²) in [5.41, 5.74) is 2.15. The third-order valence-corrected chi connectivity index (χ3v) is 6.09. The quantitative estimate of drug-likeness (QED) is 0.354. The first-order valence-corrected chi connectivity index (χ1v) is 11.7. The maximum absolute atomic E-state index is 12.7. The Labute approximate surface area is 202 Å². The zero-order valence-corrected chi connectivity index (χ0v) is 20.3. The number of nitrogens with zero attached hydrogens (tertiary/aromatic N) is 3. The number of rotatable bonds is 9. The van der Waals surface area contributed by atoms with Gasteiger partial charge in [-0.05, 0) is 44.5 Å². The highest BCUT2D eigenvalue weighted by atomic mass is 32.2. The van der Waals surface area contributed by atoms with Crippen LogP contribution in [0.2, 0.25) is 0 Å². The predicted octanol–water partition coefficient (Wildman–Crippen LogP) is 3.61. The van der Waals surface area contributed by atoms with Gasteiger partial charge in [-0.25, -0.2) is 4.79 Å². The zero-order valence-electron chi connectivity index (χ0n) is 19.5. The number of aryl methyl sites for hydroxylation is 1. The molecule has 34 heavy (non-hydrogen) atoms. The number of nitrogens with one attached hydrogen (secondary N) is 2. The van der Waals surface area contributed by atoms with Gasteiger partial charge in [-0.3, -0.25) is 9.59 Å². The van der Waals surface area contributed by atoms with Gasteiger partial charge < -0.3 is 19.9 Å². The highest BCUT2D eigenvalue weighted by Gasteiger charge is 2.21. The van der Waals surface area contributed by atoms with Gasteiger partial charge in [0.25, 0.3) is 5.91 Å². The number of hydrogen-bond donors (Lipinski definition) is 2. The van der Waals surface area contributed by atoms with E-state index in [0.29, 0.717) is 28.8 Å². The summed E-state index contributed by atoms with van der Waals surface area (Å²) in [4.78, 5) is 37.1. The fraction of sp³-hybridized carbons (Fsp3) is 0.292. The second-order valence-electron chi connectivity index (χ2n) is 7.47. The first-order valence-electron chi connectivity index (χ1n) is 10.7. The molecule has 2 amide bonds. The predicted molar refractivity (Wildman–Crippen MR) is 130 cm³/mol. The molecule has 3 rings (SSSR count). The molecule has 1 heterocycles. The van der Waals surface area contributed by atoms with Crippen LogP contribution in [0.25, 0.3) is 0 Å². The monoisotopic (exact) mass is 481 g/mol. The second kappa shape index (κ2) is 11.5. The van der Waals surface area contributed by atoms with Crippen LogP contribution in [0.15, 0.2) is 53.7 Å². The number of anilines is 1. The molecule has 2 N–H and O–H groups in total. The Bertz CT molecular complexity index is 1190. The average molecular weight is 482 g/mol. The molecule has 0 bridgehead atoms. The number of ether oxygens (including phenoxy) is 1. The Morgan fingerprint density at radius 2 is 1.74 bits per heavy atom. The molecule has 3 aromatic rings. The summed E-state index contributed by atoms with van der Waals surface area (Å²) in [5, 5.41) is 14.7. The summed E-state index contributed by atoms with van der Waals surface area (Å²) < 4.78 is 6.62. The molecule has 0 aliphatic heterocycles. The van der Waals surface area contributed by atoms with Crippen molar-refractivity contribution >= 4 is 35.2 Å². The molecule has 0 saturated carbocycles. The van der Waals surface area contributed by atoms with Crippen molar-refractivity contribution in [3.63, 3.8) is 0 Å². The minimum Gasteiger partial charge on any atom is -0.465 e. The van der Waals surface area contributed by atoms with Gasteiger partial charge in [0.15, 0.2) is 11.0 Å². The number of para-hydroxylation sites is 1. The van der Waals surface area contributed by atoms with Crippen molar-refractivity contribution in [2.45, 2.75) is 38.5 Å². The Morgan fingerprint density at radius 1 is 1.06 bits per heavy atom. The molecule has 0 saturated heterocycles. The standard InChI is InChI=1S/C24H27N5O4S/c1-5-29-21(16(3)25-22(31)17-11-7-6-10-15(17)2)27-28-24(29)34-14-20(30)26-19-13-9-8-12-18(19)23(32)33-4/h6-13,16H,5,14H2,1-4H3,(H,25,31)(H,26,30)/t16-/m0/s1. The van der Waals surface area contributed by atoms with Gasteiger partial charge in [0.1, 0.15) is 0 Å². The van der Waals surface area contributed by atoms with Crippen molar-refractivity contribution in [2.75, 3.05) is 18.2 Å². The van der Waals surface area contributed by atoms with Crippen LogP contribution in [0.3, 0.4) is 0 Å². The number of thioether (sulfide) groups is 1. The maximum Gasteiger partial charge on any atom is 0.339 e. The van der Waals surface area contributed by atoms with E-state index >= 15 is 0 Å². The number of hydrogen-bond acceptors (Lipinski definition) is 7. The Kier molecular flexibility index (Phi) is 8.42. The summed E-state index contributed by atoms with van der Waals surface area (Å²) in [6.07, 6.45) is 0. The van der Waals surface area contributed by atoms with Crippen LogP contribution in [0.1, 0.15) is 52.0 Å². The number of carbonyl (C=O) groups excluding carboxylic acids is 3. The highest BCUT2D eigenvalue weighted by molar-refractivity contribution is 7.99. The summed E-state index contributed by atoms with van der Waals surface area (Å²) in [5.74, 6) is -0.343. The second-order valence-corrected chi connectivity index (χ2v) is 8.41. The van der Waals surface area contributed by atoms with E-state index in [0.717, 1.165) is 5.56 Å². The van der Waals surface area contributed by atoms with Crippen LogP contribution in [-0.2, 0) is 16.1 Å². The van der Waals surface area contributed by atoms with Crippen LogP contribution in [0.5, 0.6) is 0 Å². The molecule has 2 aromatic carbocycles. The van der Waals surface area contributed by atoms with Crippen LogP contribution in [0, 0.1) is 6.92 Å². The van der Waals surface area contributed by atoms with Gasteiger partial charge in [0.2, 0.25) is 5.91 Å². The number of esters is 1. The lowest BCUT2D eigenvalue weighted by atomic mass is 10.1. The van der Waals surface area contributed by atoms with Crippen LogP contribution < -0.4 is 10.6 Å². The molecular weight excluding hydrogens is 454 g/mol. The molecule has 0 aliphatic rings. The molecular formula is C24H27N5O4S. The first kappa shape index (κ1) is 25.0. The molecule has 0 unspecified atom stereocenters. The van der Waals surface area contributed by atoms with E-state index in [9.17, 15) is 14.4 Å². The van der Waals surface area contributed by atoms with Crippen molar-refractivity contribution in [3.05, 3.63) is 71.0 Å². The Balaban J connectivity index is 1.65. The Hall–Kier alpha value is -3.66. The SMILES string of the molecule is CCn1c(SCC(=O)Nc2ccccc2C(=O)OC)nnc1[C@H](C)NC(=O)c1ccccc1C. The van der Waals surface area contributed by atoms with E-state index in [4.69, 9.17) is 4.74 Å². The molecule has 178 valence electrons. The highest BCUT2D eigenvalue weighted by Crippen LogP contribution is 2.22. The van der Waals surface area contributed by atoms with Gasteiger partial charge in [-0.2, -0.15) is 0 Å². The topological polar surface area (TPSA) is 115 Å². The van der Waals surface area contributed by atoms with Crippen molar-refractivity contribution in [2.24, 2.45) is 0 Å². The van der Waals surface area contributed by atoms with E-state index in [-0.39, 0.29) is 29.2 Å². The molecule has 0 radical (unpaired) electrons. The van der Waals surface area contributed by atoms with Gasteiger partial charge in [0.05, 0.1) is 30.2 Å². The fourth-order valence-corrected chi connectivity index (χ4v) is 4.20. The minimum atomic E-state index is -0.527.